The van der Waals surface area contributed by atoms with E-state index in [1.165, 1.54) is 16.3 Å². The number of nitrogens with zero attached hydrogens (tertiary/aromatic N) is 4. The van der Waals surface area contributed by atoms with E-state index in [1.54, 1.807) is 34.1 Å². The van der Waals surface area contributed by atoms with Crippen molar-refractivity contribution >= 4 is 40.2 Å². The number of ether oxygens (including phenoxy) is 3. The molecule has 0 unspecified atom stereocenters. The summed E-state index contributed by atoms with van der Waals surface area (Å²) in [6.07, 6.45) is 2.96. The molecule has 13 heteroatoms. The Bertz CT molecular complexity index is 1930. The van der Waals surface area contributed by atoms with Crippen LogP contribution in [-0.2, 0) is 49.8 Å². The quantitative estimate of drug-likeness (QED) is 0.237. The van der Waals surface area contributed by atoms with E-state index in [4.69, 9.17) is 19.2 Å². The number of hydrogen-bond donors (Lipinski definition) is 2. The number of carbonyl (C=O) groups excluding carboxylic acids is 3. The van der Waals surface area contributed by atoms with Crippen LogP contribution in [0.3, 0.4) is 0 Å². The Labute approximate surface area is 302 Å². The molecule has 51 heavy (non-hydrogen) atoms. The lowest BCUT2D eigenvalue weighted by atomic mass is 9.84. The molecule has 3 aromatic heterocycles. The number of thiazole rings is 1. The second-order valence-corrected chi connectivity index (χ2v) is 16.0. The molecule has 2 N–H and O–H groups in total. The van der Waals surface area contributed by atoms with Gasteiger partial charge in [-0.05, 0) is 76.8 Å². The molecule has 12 nitrogen and oxygen atoms in total. The van der Waals surface area contributed by atoms with Gasteiger partial charge in [-0.25, -0.2) is 15.2 Å². The van der Waals surface area contributed by atoms with Crippen LogP contribution >= 0.6 is 11.3 Å². The van der Waals surface area contributed by atoms with Crippen molar-refractivity contribution in [2.45, 2.75) is 98.1 Å². The van der Waals surface area contributed by atoms with Crippen molar-refractivity contribution in [2.75, 3.05) is 20.3 Å². The molecule has 2 amide bonds. The summed E-state index contributed by atoms with van der Waals surface area (Å²) < 4.78 is 19.4. The van der Waals surface area contributed by atoms with Crippen LogP contribution < -0.4 is 10.7 Å². The highest BCUT2D eigenvalue weighted by Gasteiger charge is 2.36. The molecule has 1 fully saturated rings. The normalized spacial score (nSPS) is 19.8. The maximum absolute atomic E-state index is 14.0. The average molecular weight is 717 g/mol. The van der Waals surface area contributed by atoms with Gasteiger partial charge < -0.3 is 24.1 Å². The van der Waals surface area contributed by atoms with Gasteiger partial charge in [0.2, 0.25) is 0 Å². The number of methoxy groups -OCH3 is 1. The molecule has 4 aromatic rings. The van der Waals surface area contributed by atoms with Crippen molar-refractivity contribution < 1.29 is 28.6 Å². The van der Waals surface area contributed by atoms with E-state index in [0.29, 0.717) is 37.4 Å². The third kappa shape index (κ3) is 8.10. The first kappa shape index (κ1) is 36.5. The lowest BCUT2D eigenvalue weighted by Gasteiger charge is -2.35. The smallest absolute Gasteiger partial charge is 0.408 e. The summed E-state index contributed by atoms with van der Waals surface area (Å²) in [6.45, 7) is 13.3. The highest BCUT2D eigenvalue weighted by atomic mass is 32.1. The van der Waals surface area contributed by atoms with Gasteiger partial charge >= 0.3 is 12.1 Å². The monoisotopic (exact) mass is 716 g/mol. The van der Waals surface area contributed by atoms with Crippen LogP contribution in [0.4, 0.5) is 4.79 Å². The van der Waals surface area contributed by atoms with Gasteiger partial charge in [-0.1, -0.05) is 19.9 Å². The molecule has 1 aromatic carbocycles. The zero-order chi connectivity index (χ0) is 36.5. The minimum atomic E-state index is -0.977. The number of rotatable bonds is 5. The second kappa shape index (κ2) is 14.7. The summed E-state index contributed by atoms with van der Waals surface area (Å²) in [6, 6.07) is 8.74. The number of pyridine rings is 1. The maximum atomic E-state index is 14.0. The van der Waals surface area contributed by atoms with Gasteiger partial charge in [0.25, 0.3) is 5.91 Å². The Morgan fingerprint density at radius 3 is 2.76 bits per heavy atom. The molecule has 0 spiro atoms. The summed E-state index contributed by atoms with van der Waals surface area (Å²) in [5.41, 5.74) is 8.73. The number of aryl methyl sites for hydroxylation is 1. The van der Waals surface area contributed by atoms with E-state index < -0.39 is 35.2 Å². The maximum Gasteiger partial charge on any atom is 0.408 e. The van der Waals surface area contributed by atoms with Gasteiger partial charge in [0.1, 0.15) is 17.7 Å². The summed E-state index contributed by atoms with van der Waals surface area (Å²) >= 11 is 1.43. The fraction of sp³-hybridized carbons (Fsp3) is 0.500. The zero-order valence-corrected chi connectivity index (χ0v) is 31.3. The van der Waals surface area contributed by atoms with E-state index >= 15 is 0 Å². The van der Waals surface area contributed by atoms with Crippen LogP contribution in [0.2, 0.25) is 0 Å². The van der Waals surface area contributed by atoms with Crippen LogP contribution in [0.1, 0.15) is 70.6 Å². The molecule has 2 aliphatic heterocycles. The second-order valence-electron chi connectivity index (χ2n) is 15.0. The molecule has 6 rings (SSSR count). The average Bonchev–Trinajstić information content (AvgIpc) is 3.67. The number of alkyl carbamates (subject to hydrolysis) is 1. The standard InChI is InChI=1S/C38H48N6O6S/c1-8-43-31-14-13-23-17-25(31)26(33(43)24-11-9-15-39-29(24)20-48-7)19-38(5,6)22-49-35(46)27-12-10-16-44(42-27)34(45)28(18-32-40-30(23)21-51-32)41-36(47)50-37(2,3)4/h9,11,13-15,17,21,27-28,42H,8,10,12,16,18-20,22H2,1-7H3,(H,41,47)/t27-,28-/m0/s1. The van der Waals surface area contributed by atoms with Gasteiger partial charge in [0, 0.05) is 65.6 Å². The van der Waals surface area contributed by atoms with Gasteiger partial charge in [0.05, 0.1) is 35.3 Å². The molecular formula is C38H48N6O6S. The number of fused-ring (bicyclic) bond motifs is 6. The summed E-state index contributed by atoms with van der Waals surface area (Å²) in [7, 11) is 1.67. The summed E-state index contributed by atoms with van der Waals surface area (Å²) in [5.74, 6) is -0.796. The first-order valence-corrected chi connectivity index (χ1v) is 18.4. The number of esters is 1. The zero-order valence-electron chi connectivity index (χ0n) is 30.5. The topological polar surface area (TPSA) is 137 Å². The third-order valence-electron chi connectivity index (χ3n) is 9.12. The minimum absolute atomic E-state index is 0.150. The lowest BCUT2D eigenvalue weighted by Crippen LogP contribution is -2.60. The van der Waals surface area contributed by atoms with Crippen molar-refractivity contribution in [3.63, 3.8) is 0 Å². The molecule has 2 aliphatic rings. The molecule has 2 atom stereocenters. The predicted octanol–water partition coefficient (Wildman–Crippen LogP) is 6.05. The molecule has 272 valence electrons. The molecular weight excluding hydrogens is 669 g/mol. The van der Waals surface area contributed by atoms with Crippen molar-refractivity contribution in [1.29, 1.82) is 0 Å². The molecule has 0 radical (unpaired) electrons. The molecule has 5 heterocycles. The highest BCUT2D eigenvalue weighted by Crippen LogP contribution is 2.41. The first-order chi connectivity index (χ1) is 24.3. The molecule has 1 saturated heterocycles. The fourth-order valence-electron chi connectivity index (χ4n) is 6.87. The van der Waals surface area contributed by atoms with Crippen LogP contribution in [0.5, 0.6) is 0 Å². The van der Waals surface area contributed by atoms with E-state index in [9.17, 15) is 14.4 Å². The van der Waals surface area contributed by atoms with E-state index in [2.05, 4.69) is 65.3 Å². The Balaban J connectivity index is 1.48. The number of cyclic esters (lactones) is 1. The van der Waals surface area contributed by atoms with Crippen LogP contribution in [0.25, 0.3) is 33.4 Å². The van der Waals surface area contributed by atoms with Crippen molar-refractivity contribution in [3.8, 4) is 22.5 Å². The summed E-state index contributed by atoms with van der Waals surface area (Å²) in [5, 5.41) is 7.94. The van der Waals surface area contributed by atoms with E-state index in [-0.39, 0.29) is 18.9 Å². The van der Waals surface area contributed by atoms with Crippen molar-refractivity contribution in [1.82, 2.24) is 30.3 Å². The van der Waals surface area contributed by atoms with Crippen molar-refractivity contribution in [2.24, 2.45) is 5.41 Å². The largest absolute Gasteiger partial charge is 0.464 e. The molecule has 0 saturated carbocycles. The number of hydrazine groups is 1. The predicted molar refractivity (Wildman–Crippen MR) is 196 cm³/mol. The van der Waals surface area contributed by atoms with E-state index in [0.717, 1.165) is 51.2 Å². The number of aromatic nitrogens is 3. The lowest BCUT2D eigenvalue weighted by molar-refractivity contribution is -0.155. The van der Waals surface area contributed by atoms with Crippen LogP contribution in [0, 0.1) is 5.41 Å². The number of benzene rings is 1. The first-order valence-electron chi connectivity index (χ1n) is 17.5. The Morgan fingerprint density at radius 2 is 2.02 bits per heavy atom. The SMILES string of the molecule is CCn1c(-c2cccnc2COC)c2c3cc(ccc31)-c1csc(n1)C[C@H](NC(=O)OC(C)(C)C)C(=O)N1CCC[C@H](N1)C(=O)OCC(C)(C)C2. The van der Waals surface area contributed by atoms with Crippen molar-refractivity contribution in [3.05, 3.63) is 58.2 Å². The number of nitrogens with one attached hydrogen (secondary N) is 2. The van der Waals surface area contributed by atoms with Gasteiger partial charge in [-0.15, -0.1) is 11.3 Å². The molecule has 0 aliphatic carbocycles. The van der Waals surface area contributed by atoms with Gasteiger partial charge in [-0.3, -0.25) is 19.6 Å². The van der Waals surface area contributed by atoms with Crippen LogP contribution in [-0.4, -0.2) is 75.5 Å². The number of carbonyl (C=O) groups is 3. The molecule has 6 bridgehead atoms. The fourth-order valence-corrected chi connectivity index (χ4v) is 7.72. The van der Waals surface area contributed by atoms with E-state index in [1.807, 2.05) is 11.4 Å². The number of amides is 2. The third-order valence-corrected chi connectivity index (χ3v) is 9.99. The van der Waals surface area contributed by atoms with Crippen LogP contribution in [0.15, 0.2) is 41.9 Å². The summed E-state index contributed by atoms with van der Waals surface area (Å²) in [4.78, 5) is 50.1. The highest BCUT2D eigenvalue weighted by molar-refractivity contribution is 7.10. The van der Waals surface area contributed by atoms with Gasteiger partial charge in [-0.2, -0.15) is 0 Å². The van der Waals surface area contributed by atoms with Gasteiger partial charge in [0.15, 0.2) is 0 Å². The Hall–Kier alpha value is -4.33. The Morgan fingerprint density at radius 1 is 1.22 bits per heavy atom. The Kier molecular flexibility index (Phi) is 10.5. The number of hydrogen-bond acceptors (Lipinski definition) is 10. The minimum Gasteiger partial charge on any atom is -0.464 e.